The van der Waals surface area contributed by atoms with Gasteiger partial charge in [-0.05, 0) is 30.5 Å². The third kappa shape index (κ3) is 2.50. The molecule has 0 aliphatic heterocycles. The summed E-state index contributed by atoms with van der Waals surface area (Å²) in [5.74, 6) is 1.68. The molecule has 0 saturated heterocycles. The van der Waals surface area contributed by atoms with Crippen LogP contribution in [0.2, 0.25) is 0 Å². The van der Waals surface area contributed by atoms with Crippen molar-refractivity contribution in [2.45, 2.75) is 6.92 Å². The summed E-state index contributed by atoms with van der Waals surface area (Å²) in [5, 5.41) is 10.7. The van der Waals surface area contributed by atoms with Crippen LogP contribution in [0.25, 0.3) is 55.3 Å². The molecule has 0 aliphatic rings. The molecule has 2 N–H and O–H groups in total. The van der Waals surface area contributed by atoms with E-state index in [2.05, 4.69) is 54.8 Å². The van der Waals surface area contributed by atoms with Crippen molar-refractivity contribution in [3.8, 4) is 33.3 Å². The normalized spacial score (nSPS) is 11.7. The molecule has 6 aromatic rings. The highest BCUT2D eigenvalue weighted by molar-refractivity contribution is 7.13. The number of pyridine rings is 1. The van der Waals surface area contributed by atoms with Crippen molar-refractivity contribution >= 4 is 33.3 Å². The predicted molar refractivity (Wildman–Crippen MR) is 119 cm³/mol. The van der Waals surface area contributed by atoms with E-state index < -0.39 is 0 Å². The number of hydrogen-bond acceptors (Lipinski definition) is 5. The number of aromatic nitrogens is 7. The molecule has 146 valence electrons. The molecule has 30 heavy (non-hydrogen) atoms. The van der Waals surface area contributed by atoms with Gasteiger partial charge in [0.2, 0.25) is 0 Å². The van der Waals surface area contributed by atoms with E-state index in [0.29, 0.717) is 0 Å². The predicted octanol–water partition coefficient (Wildman–Crippen LogP) is 4.94. The molecule has 7 nitrogen and oxygen atoms in total. The number of hydrogen-bond donors (Lipinski definition) is 2. The van der Waals surface area contributed by atoms with Crippen molar-refractivity contribution in [1.82, 2.24) is 34.7 Å². The van der Waals surface area contributed by atoms with Crippen LogP contribution in [-0.2, 0) is 7.05 Å². The van der Waals surface area contributed by atoms with Gasteiger partial charge in [0.1, 0.15) is 11.5 Å². The number of para-hydroxylation sites is 1. The number of rotatable bonds is 3. The summed E-state index contributed by atoms with van der Waals surface area (Å²) >= 11 is 1.71. The zero-order valence-corrected chi connectivity index (χ0v) is 17.2. The first-order chi connectivity index (χ1) is 14.7. The van der Waals surface area contributed by atoms with Crippen molar-refractivity contribution in [2.24, 2.45) is 7.05 Å². The van der Waals surface area contributed by atoms with E-state index in [4.69, 9.17) is 4.98 Å². The van der Waals surface area contributed by atoms with Crippen LogP contribution in [0, 0.1) is 6.92 Å². The molecular formula is C22H17N7S. The summed E-state index contributed by atoms with van der Waals surface area (Å²) in [5.41, 5.74) is 6.52. The Morgan fingerprint density at radius 1 is 1.03 bits per heavy atom. The standard InChI is InChI=1S/C22H17N7S/c1-12-23-11-18(29(12)2)16-9-14-17(10-24-16)27-28-21(14)22-25-15-6-3-5-13(20(15)26-22)19-7-4-8-30-19/h3-11H,1-2H3,(H,25,26)(H,27,28). The molecule has 5 heterocycles. The molecule has 1 aromatic carbocycles. The molecule has 0 bridgehead atoms. The van der Waals surface area contributed by atoms with Crippen LogP contribution < -0.4 is 0 Å². The minimum absolute atomic E-state index is 0.735. The largest absolute Gasteiger partial charge is 0.337 e. The molecule has 0 spiro atoms. The summed E-state index contributed by atoms with van der Waals surface area (Å²) in [4.78, 5) is 18.5. The Kier molecular flexibility index (Phi) is 3.63. The van der Waals surface area contributed by atoms with Gasteiger partial charge < -0.3 is 9.55 Å². The Morgan fingerprint density at radius 3 is 2.77 bits per heavy atom. The zero-order chi connectivity index (χ0) is 20.2. The van der Waals surface area contributed by atoms with E-state index in [9.17, 15) is 0 Å². The molecule has 8 heteroatoms. The van der Waals surface area contributed by atoms with Crippen molar-refractivity contribution in [2.75, 3.05) is 0 Å². The summed E-state index contributed by atoms with van der Waals surface area (Å²) in [6.45, 7) is 1.98. The van der Waals surface area contributed by atoms with Gasteiger partial charge in [0.25, 0.3) is 0 Å². The van der Waals surface area contributed by atoms with Crippen LogP contribution in [0.5, 0.6) is 0 Å². The van der Waals surface area contributed by atoms with Gasteiger partial charge >= 0.3 is 0 Å². The maximum atomic E-state index is 4.92. The number of thiophene rings is 1. The molecule has 0 atom stereocenters. The molecule has 0 aliphatic carbocycles. The second-order valence-electron chi connectivity index (χ2n) is 7.20. The Morgan fingerprint density at radius 2 is 1.97 bits per heavy atom. The molecule has 6 rings (SSSR count). The maximum Gasteiger partial charge on any atom is 0.159 e. The van der Waals surface area contributed by atoms with Crippen LogP contribution >= 0.6 is 11.3 Å². The van der Waals surface area contributed by atoms with Gasteiger partial charge in [-0.2, -0.15) is 5.10 Å². The van der Waals surface area contributed by atoms with Gasteiger partial charge in [0.15, 0.2) is 5.82 Å². The number of fused-ring (bicyclic) bond motifs is 2. The number of aryl methyl sites for hydroxylation is 1. The van der Waals surface area contributed by atoms with Crippen LogP contribution in [-0.4, -0.2) is 34.7 Å². The van der Waals surface area contributed by atoms with Crippen LogP contribution in [0.3, 0.4) is 0 Å². The topological polar surface area (TPSA) is 88.1 Å². The number of H-pyrrole nitrogens is 2. The lowest BCUT2D eigenvalue weighted by Gasteiger charge is -2.03. The smallest absolute Gasteiger partial charge is 0.159 e. The fourth-order valence-electron chi connectivity index (χ4n) is 3.75. The van der Waals surface area contributed by atoms with Crippen molar-refractivity contribution < 1.29 is 0 Å². The number of nitrogens with one attached hydrogen (secondary N) is 2. The van der Waals surface area contributed by atoms with E-state index in [-0.39, 0.29) is 0 Å². The minimum Gasteiger partial charge on any atom is -0.337 e. The SMILES string of the molecule is Cc1ncc(-c2cc3c(-c4nc5c(-c6cccs6)cccc5[nH]4)n[nH]c3cn2)n1C. The first kappa shape index (κ1) is 17.1. The van der Waals surface area contributed by atoms with Gasteiger partial charge in [-0.25, -0.2) is 9.97 Å². The number of nitrogens with zero attached hydrogens (tertiary/aromatic N) is 5. The number of aromatic amines is 2. The Hall–Kier alpha value is -3.78. The van der Waals surface area contributed by atoms with Gasteiger partial charge in [-0.1, -0.05) is 18.2 Å². The molecule has 5 aromatic heterocycles. The fourth-order valence-corrected chi connectivity index (χ4v) is 4.50. The van der Waals surface area contributed by atoms with Crippen LogP contribution in [0.4, 0.5) is 0 Å². The van der Waals surface area contributed by atoms with Crippen LogP contribution in [0.1, 0.15) is 5.82 Å². The highest BCUT2D eigenvalue weighted by Gasteiger charge is 2.17. The van der Waals surface area contributed by atoms with E-state index in [1.807, 2.05) is 43.1 Å². The lowest BCUT2D eigenvalue weighted by Crippen LogP contribution is -1.95. The van der Waals surface area contributed by atoms with Crippen LogP contribution in [0.15, 0.2) is 54.2 Å². The average Bonchev–Trinajstić information content (AvgIpc) is 3.54. The lowest BCUT2D eigenvalue weighted by molar-refractivity contribution is 0.862. The minimum atomic E-state index is 0.735. The molecular weight excluding hydrogens is 394 g/mol. The quantitative estimate of drug-likeness (QED) is 0.432. The van der Waals surface area contributed by atoms with Gasteiger partial charge in [0.05, 0.1) is 40.3 Å². The summed E-state index contributed by atoms with van der Waals surface area (Å²) in [6.07, 6.45) is 3.65. The van der Waals surface area contributed by atoms with Gasteiger partial charge in [-0.3, -0.25) is 10.1 Å². The third-order valence-electron chi connectivity index (χ3n) is 5.45. The Bertz CT molecular complexity index is 1520. The average molecular weight is 411 g/mol. The second kappa shape index (κ2) is 6.36. The molecule has 0 fully saturated rings. The highest BCUT2D eigenvalue weighted by atomic mass is 32.1. The fraction of sp³-hybridized carbons (Fsp3) is 0.0909. The summed E-state index contributed by atoms with van der Waals surface area (Å²) in [6, 6.07) is 12.4. The monoisotopic (exact) mass is 411 g/mol. The van der Waals surface area contributed by atoms with Gasteiger partial charge in [0, 0.05) is 22.9 Å². The highest BCUT2D eigenvalue weighted by Crippen LogP contribution is 2.34. The molecule has 0 unspecified atom stereocenters. The van der Waals surface area contributed by atoms with E-state index in [1.54, 1.807) is 11.3 Å². The van der Waals surface area contributed by atoms with Crippen molar-refractivity contribution in [3.63, 3.8) is 0 Å². The first-order valence-corrected chi connectivity index (χ1v) is 10.4. The Balaban J connectivity index is 1.53. The van der Waals surface area contributed by atoms with E-state index >= 15 is 0 Å². The number of benzene rings is 1. The van der Waals surface area contributed by atoms with Crippen molar-refractivity contribution in [1.29, 1.82) is 0 Å². The number of imidazole rings is 2. The van der Waals surface area contributed by atoms with Gasteiger partial charge in [-0.15, -0.1) is 11.3 Å². The Labute approximate surface area is 175 Å². The third-order valence-corrected chi connectivity index (χ3v) is 6.36. The van der Waals surface area contributed by atoms with E-state index in [1.165, 1.54) is 4.88 Å². The zero-order valence-electron chi connectivity index (χ0n) is 16.3. The maximum absolute atomic E-state index is 4.92. The van der Waals surface area contributed by atoms with E-state index in [0.717, 1.165) is 56.2 Å². The summed E-state index contributed by atoms with van der Waals surface area (Å²) < 4.78 is 2.03. The summed E-state index contributed by atoms with van der Waals surface area (Å²) in [7, 11) is 1.99. The van der Waals surface area contributed by atoms with Crippen molar-refractivity contribution in [3.05, 3.63) is 60.0 Å². The molecule has 0 radical (unpaired) electrons. The lowest BCUT2D eigenvalue weighted by atomic mass is 10.1. The first-order valence-electron chi connectivity index (χ1n) is 9.55. The molecule has 0 amide bonds. The molecule has 0 saturated carbocycles. The second-order valence-corrected chi connectivity index (χ2v) is 8.15.